The lowest BCUT2D eigenvalue weighted by atomic mass is 10.1. The molecule has 0 aromatic rings. The zero-order valence-corrected chi connectivity index (χ0v) is 25.5. The van der Waals surface area contributed by atoms with Crippen molar-refractivity contribution >= 4 is 65.2 Å². The maximum absolute atomic E-state index is 13.2. The molecule has 0 spiro atoms. The summed E-state index contributed by atoms with van der Waals surface area (Å²) < 4.78 is 0. The molecule has 254 valence electrons. The fraction of sp³-hybridized carbons (Fsp3) is 0.640. The van der Waals surface area contributed by atoms with Gasteiger partial charge in [-0.2, -0.15) is 11.8 Å². The van der Waals surface area contributed by atoms with Crippen molar-refractivity contribution < 1.29 is 63.6 Å². The van der Waals surface area contributed by atoms with Gasteiger partial charge in [-0.05, 0) is 44.6 Å². The molecular formula is C25H40N6O13S. The number of thioether (sulfide) groups is 1. The van der Waals surface area contributed by atoms with Crippen molar-refractivity contribution in [2.75, 3.05) is 18.6 Å². The standard InChI is InChI=1S/C25H40N6O13S/c1-12(27-17(32)11-26)21(39)28-13(3-6-18(33)34)22(40)29-14(4-7-19(35)36)23(41)30-15(9-10-45-2)24(42)31-16(25(43)44)5-8-20(37)38/h12-16H,3-11,26H2,1-2H3,(H,27,32)(H,28,39)(H,29,40)(H,30,41)(H,31,42)(H,33,34)(H,35,36)(H,37,38)(H,43,44)/t12-,13-,14-,15-,16-/m0/s1. The van der Waals surface area contributed by atoms with E-state index in [-0.39, 0.29) is 6.42 Å². The Hall–Kier alpha value is -4.46. The highest BCUT2D eigenvalue weighted by atomic mass is 32.2. The van der Waals surface area contributed by atoms with Crippen molar-refractivity contribution in [3.05, 3.63) is 0 Å². The molecule has 0 heterocycles. The number of carboxylic acid groups (broad SMARTS) is 4. The number of carbonyl (C=O) groups excluding carboxylic acids is 5. The SMILES string of the molecule is CSCC[C@H](NC(=O)[C@H](CCC(=O)O)NC(=O)[C@H](CCC(=O)O)NC(=O)[C@H](C)NC(=O)CN)C(=O)N[C@@H](CCC(=O)O)C(=O)O. The quantitative estimate of drug-likeness (QED) is 0.0515. The van der Waals surface area contributed by atoms with Gasteiger partial charge in [-0.3, -0.25) is 38.4 Å². The average Bonchev–Trinajstić information content (AvgIpc) is 2.96. The second-order valence-electron chi connectivity index (χ2n) is 9.65. The summed E-state index contributed by atoms with van der Waals surface area (Å²) in [5.41, 5.74) is 5.20. The van der Waals surface area contributed by atoms with Crippen LogP contribution in [0.5, 0.6) is 0 Å². The molecule has 0 rings (SSSR count). The number of carboxylic acids is 4. The highest BCUT2D eigenvalue weighted by molar-refractivity contribution is 7.98. The van der Waals surface area contributed by atoms with E-state index in [0.29, 0.717) is 5.75 Å². The van der Waals surface area contributed by atoms with Crippen LogP contribution in [0.3, 0.4) is 0 Å². The van der Waals surface area contributed by atoms with E-state index in [0.717, 1.165) is 0 Å². The maximum Gasteiger partial charge on any atom is 0.326 e. The van der Waals surface area contributed by atoms with Gasteiger partial charge in [0.1, 0.15) is 30.2 Å². The zero-order valence-electron chi connectivity index (χ0n) is 24.7. The van der Waals surface area contributed by atoms with Gasteiger partial charge in [0.05, 0.1) is 6.54 Å². The van der Waals surface area contributed by atoms with Crippen LogP contribution in [-0.4, -0.2) is 123 Å². The Labute approximate surface area is 261 Å². The Bertz CT molecular complexity index is 1110. The molecule has 0 aliphatic heterocycles. The van der Waals surface area contributed by atoms with Crippen LogP contribution < -0.4 is 32.3 Å². The highest BCUT2D eigenvalue weighted by Crippen LogP contribution is 2.08. The molecule has 0 unspecified atom stereocenters. The molecule has 45 heavy (non-hydrogen) atoms. The fourth-order valence-electron chi connectivity index (χ4n) is 3.58. The first-order valence-corrected chi connectivity index (χ1v) is 15.0. The van der Waals surface area contributed by atoms with Crippen molar-refractivity contribution in [3.8, 4) is 0 Å². The number of rotatable bonds is 23. The van der Waals surface area contributed by atoms with Gasteiger partial charge in [0.15, 0.2) is 0 Å². The second-order valence-corrected chi connectivity index (χ2v) is 10.6. The van der Waals surface area contributed by atoms with Crippen LogP contribution in [0.4, 0.5) is 0 Å². The number of aliphatic carboxylic acids is 4. The summed E-state index contributed by atoms with van der Waals surface area (Å²) in [6.45, 7) is 0.838. The van der Waals surface area contributed by atoms with Gasteiger partial charge < -0.3 is 52.7 Å². The molecule has 20 heteroatoms. The van der Waals surface area contributed by atoms with Crippen LogP contribution >= 0.6 is 11.8 Å². The van der Waals surface area contributed by atoms with Gasteiger partial charge in [-0.25, -0.2) is 4.79 Å². The Morgan fingerprint density at radius 3 is 1.29 bits per heavy atom. The Balaban J connectivity index is 5.99. The molecule has 19 nitrogen and oxygen atoms in total. The molecule has 0 aliphatic rings. The van der Waals surface area contributed by atoms with Gasteiger partial charge in [-0.1, -0.05) is 0 Å². The summed E-state index contributed by atoms with van der Waals surface area (Å²) in [5, 5.41) is 47.7. The zero-order chi connectivity index (χ0) is 34.7. The van der Waals surface area contributed by atoms with E-state index in [1.54, 1.807) is 6.26 Å². The third-order valence-corrected chi connectivity index (χ3v) is 6.66. The number of hydrogen-bond donors (Lipinski definition) is 10. The minimum Gasteiger partial charge on any atom is -0.481 e. The van der Waals surface area contributed by atoms with Crippen molar-refractivity contribution in [2.24, 2.45) is 5.73 Å². The lowest BCUT2D eigenvalue weighted by molar-refractivity contribution is -0.143. The summed E-state index contributed by atoms with van der Waals surface area (Å²) >= 11 is 1.28. The van der Waals surface area contributed by atoms with Gasteiger partial charge in [0.25, 0.3) is 0 Å². The highest BCUT2D eigenvalue weighted by Gasteiger charge is 2.32. The molecule has 5 atom stereocenters. The van der Waals surface area contributed by atoms with Crippen LogP contribution in [0.2, 0.25) is 0 Å². The molecule has 5 amide bonds. The molecule has 0 saturated carbocycles. The Morgan fingerprint density at radius 2 is 0.933 bits per heavy atom. The molecule has 0 bridgehead atoms. The molecule has 0 aromatic heterocycles. The molecular weight excluding hydrogens is 624 g/mol. The summed E-state index contributed by atoms with van der Waals surface area (Å²) in [5.74, 6) is -9.86. The van der Waals surface area contributed by atoms with Crippen LogP contribution in [0.25, 0.3) is 0 Å². The van der Waals surface area contributed by atoms with Gasteiger partial charge in [-0.15, -0.1) is 0 Å². The molecule has 11 N–H and O–H groups in total. The van der Waals surface area contributed by atoms with Gasteiger partial charge >= 0.3 is 23.9 Å². The molecule has 0 aliphatic carbocycles. The van der Waals surface area contributed by atoms with E-state index in [1.165, 1.54) is 18.7 Å². The van der Waals surface area contributed by atoms with Crippen LogP contribution in [0.1, 0.15) is 51.9 Å². The minimum atomic E-state index is -1.61. The third kappa shape index (κ3) is 17.4. The first kappa shape index (κ1) is 40.5. The molecule has 0 saturated heterocycles. The Kier molecular flexibility index (Phi) is 19.2. The van der Waals surface area contributed by atoms with Crippen molar-refractivity contribution in [2.45, 2.75) is 82.1 Å². The molecule has 0 aromatic carbocycles. The van der Waals surface area contributed by atoms with E-state index >= 15 is 0 Å². The maximum atomic E-state index is 13.2. The first-order chi connectivity index (χ1) is 21.0. The number of hydrogen-bond acceptors (Lipinski definition) is 11. The van der Waals surface area contributed by atoms with E-state index in [1.807, 2.05) is 0 Å². The fourth-order valence-corrected chi connectivity index (χ4v) is 4.05. The van der Waals surface area contributed by atoms with Crippen molar-refractivity contribution in [1.29, 1.82) is 0 Å². The van der Waals surface area contributed by atoms with E-state index in [9.17, 15) is 48.3 Å². The summed E-state index contributed by atoms with van der Waals surface area (Å²) in [7, 11) is 0. The van der Waals surface area contributed by atoms with Crippen LogP contribution in [-0.2, 0) is 43.2 Å². The molecule has 0 radical (unpaired) electrons. The van der Waals surface area contributed by atoms with Crippen LogP contribution in [0, 0.1) is 0 Å². The topological polar surface area (TPSA) is 321 Å². The van der Waals surface area contributed by atoms with E-state index < -0.39 is 129 Å². The van der Waals surface area contributed by atoms with Crippen molar-refractivity contribution in [1.82, 2.24) is 26.6 Å². The number of nitrogens with one attached hydrogen (secondary N) is 5. The van der Waals surface area contributed by atoms with Crippen LogP contribution in [0.15, 0.2) is 0 Å². The smallest absolute Gasteiger partial charge is 0.326 e. The Morgan fingerprint density at radius 1 is 0.578 bits per heavy atom. The van der Waals surface area contributed by atoms with Gasteiger partial charge in [0, 0.05) is 19.3 Å². The molecule has 0 fully saturated rings. The monoisotopic (exact) mass is 664 g/mol. The van der Waals surface area contributed by atoms with E-state index in [4.69, 9.17) is 21.1 Å². The van der Waals surface area contributed by atoms with Crippen molar-refractivity contribution in [3.63, 3.8) is 0 Å². The summed E-state index contributed by atoms with van der Waals surface area (Å²) in [6.07, 6.45) is -1.55. The number of amides is 5. The second kappa shape index (κ2) is 21.3. The number of nitrogens with two attached hydrogens (primary N) is 1. The summed E-state index contributed by atoms with van der Waals surface area (Å²) in [6, 6.07) is -7.32. The lowest BCUT2D eigenvalue weighted by Gasteiger charge is -2.26. The van der Waals surface area contributed by atoms with E-state index in [2.05, 4.69) is 26.6 Å². The average molecular weight is 665 g/mol. The predicted molar refractivity (Wildman–Crippen MR) is 156 cm³/mol. The summed E-state index contributed by atoms with van der Waals surface area (Å²) in [4.78, 5) is 108. The predicted octanol–water partition coefficient (Wildman–Crippen LogP) is -3.18. The lowest BCUT2D eigenvalue weighted by Crippen LogP contribution is -2.59. The third-order valence-electron chi connectivity index (χ3n) is 6.02. The first-order valence-electron chi connectivity index (χ1n) is 13.6. The number of carbonyl (C=O) groups is 9. The normalized spacial score (nSPS) is 13.9. The minimum absolute atomic E-state index is 0.0344. The largest absolute Gasteiger partial charge is 0.481 e. The van der Waals surface area contributed by atoms with Gasteiger partial charge in [0.2, 0.25) is 29.5 Å².